The second kappa shape index (κ2) is 7.33. The maximum Gasteiger partial charge on any atom is 0.417 e. The SMILES string of the molecule is CCS(=O)(=O)c1cc(C2CCCC2)cnc1-c1nc2cc(C(F)(F)F)cnc2n1C. The number of imidazole rings is 1. The summed E-state index contributed by atoms with van der Waals surface area (Å²) < 4.78 is 66.3. The van der Waals surface area contributed by atoms with Crippen LogP contribution in [0.2, 0.25) is 0 Å². The molecule has 160 valence electrons. The van der Waals surface area contributed by atoms with Crippen molar-refractivity contribution in [3.8, 4) is 11.5 Å². The van der Waals surface area contributed by atoms with Crippen molar-refractivity contribution in [3.05, 3.63) is 35.7 Å². The Morgan fingerprint density at radius 3 is 2.47 bits per heavy atom. The van der Waals surface area contributed by atoms with Crippen molar-refractivity contribution in [1.29, 1.82) is 0 Å². The molecule has 3 heterocycles. The van der Waals surface area contributed by atoms with E-state index in [0.29, 0.717) is 0 Å². The molecular weight excluding hydrogens is 417 g/mol. The molecule has 10 heteroatoms. The van der Waals surface area contributed by atoms with Crippen molar-refractivity contribution in [2.24, 2.45) is 7.05 Å². The second-order valence-electron chi connectivity index (χ2n) is 7.56. The van der Waals surface area contributed by atoms with E-state index in [2.05, 4.69) is 15.0 Å². The topological polar surface area (TPSA) is 77.7 Å². The summed E-state index contributed by atoms with van der Waals surface area (Å²) in [6.07, 6.45) is 2.03. The van der Waals surface area contributed by atoms with Crippen molar-refractivity contribution < 1.29 is 21.6 Å². The van der Waals surface area contributed by atoms with Gasteiger partial charge in [0.25, 0.3) is 0 Å². The van der Waals surface area contributed by atoms with Crippen LogP contribution in [0.4, 0.5) is 13.2 Å². The van der Waals surface area contributed by atoms with Crippen molar-refractivity contribution in [2.75, 3.05) is 5.75 Å². The zero-order valence-electron chi connectivity index (χ0n) is 16.6. The molecule has 0 saturated heterocycles. The number of sulfone groups is 1. The Kier molecular flexibility index (Phi) is 5.08. The zero-order valence-corrected chi connectivity index (χ0v) is 17.4. The minimum Gasteiger partial charge on any atom is -0.310 e. The summed E-state index contributed by atoms with van der Waals surface area (Å²) in [5, 5.41) is 0. The molecule has 6 nitrogen and oxygen atoms in total. The van der Waals surface area contributed by atoms with Crippen LogP contribution in [-0.2, 0) is 23.1 Å². The number of pyridine rings is 2. The molecule has 0 aliphatic heterocycles. The van der Waals surface area contributed by atoms with E-state index in [1.807, 2.05) is 0 Å². The fourth-order valence-electron chi connectivity index (χ4n) is 3.95. The standard InChI is InChI=1S/C20H21F3N4O2S/c1-3-30(28,29)16-8-13(12-6-4-5-7-12)10-24-17(16)19-26-15-9-14(20(21,22)23)11-25-18(15)27(19)2/h8-12H,3-7H2,1-2H3. The van der Waals surface area contributed by atoms with Crippen LogP contribution in [0.15, 0.2) is 29.4 Å². The van der Waals surface area contributed by atoms with Crippen molar-refractivity contribution in [3.63, 3.8) is 0 Å². The van der Waals surface area contributed by atoms with E-state index in [1.165, 1.54) is 4.57 Å². The smallest absolute Gasteiger partial charge is 0.310 e. The molecule has 1 fully saturated rings. The lowest BCUT2D eigenvalue weighted by molar-refractivity contribution is -0.137. The highest BCUT2D eigenvalue weighted by atomic mass is 32.2. The molecule has 30 heavy (non-hydrogen) atoms. The third-order valence-electron chi connectivity index (χ3n) is 5.66. The molecule has 4 rings (SSSR count). The van der Waals surface area contributed by atoms with E-state index in [-0.39, 0.29) is 39.2 Å². The first-order valence-corrected chi connectivity index (χ1v) is 11.4. The minimum absolute atomic E-state index is 0.0313. The summed E-state index contributed by atoms with van der Waals surface area (Å²) in [6.45, 7) is 1.55. The second-order valence-corrected chi connectivity index (χ2v) is 9.81. The van der Waals surface area contributed by atoms with Crippen LogP contribution >= 0.6 is 0 Å². The van der Waals surface area contributed by atoms with E-state index < -0.39 is 21.6 Å². The van der Waals surface area contributed by atoms with Gasteiger partial charge in [0.1, 0.15) is 11.2 Å². The Morgan fingerprint density at radius 2 is 1.83 bits per heavy atom. The number of hydrogen-bond donors (Lipinski definition) is 0. The fourth-order valence-corrected chi connectivity index (χ4v) is 5.01. The predicted octanol–water partition coefficient (Wildman–Crippen LogP) is 4.50. The first-order valence-electron chi connectivity index (χ1n) is 9.74. The van der Waals surface area contributed by atoms with E-state index in [9.17, 15) is 21.6 Å². The van der Waals surface area contributed by atoms with Gasteiger partial charge < -0.3 is 4.57 Å². The summed E-state index contributed by atoms with van der Waals surface area (Å²) >= 11 is 0. The van der Waals surface area contributed by atoms with Gasteiger partial charge in [-0.25, -0.2) is 18.4 Å². The molecule has 0 aromatic carbocycles. The van der Waals surface area contributed by atoms with Gasteiger partial charge in [0.15, 0.2) is 21.3 Å². The largest absolute Gasteiger partial charge is 0.417 e. The van der Waals surface area contributed by atoms with Gasteiger partial charge in [0.05, 0.1) is 16.2 Å². The number of rotatable bonds is 4. The maximum absolute atomic E-state index is 13.0. The van der Waals surface area contributed by atoms with Gasteiger partial charge in [-0.2, -0.15) is 13.2 Å². The lowest BCUT2D eigenvalue weighted by atomic mass is 9.99. The maximum atomic E-state index is 13.0. The van der Waals surface area contributed by atoms with Gasteiger partial charge in [-0.3, -0.25) is 4.98 Å². The van der Waals surface area contributed by atoms with Crippen LogP contribution in [0.25, 0.3) is 22.7 Å². The number of fused-ring (bicyclic) bond motifs is 1. The highest BCUT2D eigenvalue weighted by Gasteiger charge is 2.32. The summed E-state index contributed by atoms with van der Waals surface area (Å²) in [5.74, 6) is 0.326. The van der Waals surface area contributed by atoms with Crippen LogP contribution in [-0.4, -0.2) is 33.7 Å². The van der Waals surface area contributed by atoms with Gasteiger partial charge in [-0.05, 0) is 36.5 Å². The summed E-state index contributed by atoms with van der Waals surface area (Å²) in [7, 11) is -2.05. The highest BCUT2D eigenvalue weighted by molar-refractivity contribution is 7.91. The molecule has 0 unspecified atom stereocenters. The summed E-state index contributed by atoms with van der Waals surface area (Å²) in [5.41, 5.74) is 0.348. The monoisotopic (exact) mass is 438 g/mol. The molecule has 3 aromatic rings. The van der Waals surface area contributed by atoms with E-state index in [0.717, 1.165) is 43.5 Å². The average molecular weight is 438 g/mol. The molecule has 3 aromatic heterocycles. The number of aromatic nitrogens is 4. The molecule has 1 aliphatic carbocycles. The molecule has 0 bridgehead atoms. The molecule has 1 saturated carbocycles. The van der Waals surface area contributed by atoms with Gasteiger partial charge in [-0.15, -0.1) is 0 Å². The molecule has 0 radical (unpaired) electrons. The molecule has 0 spiro atoms. The van der Waals surface area contributed by atoms with Crippen LogP contribution in [0.5, 0.6) is 0 Å². The number of halogens is 3. The third kappa shape index (κ3) is 3.57. The Labute approximate surface area is 172 Å². The van der Waals surface area contributed by atoms with Crippen LogP contribution in [0.1, 0.15) is 49.7 Å². The number of alkyl halides is 3. The quantitative estimate of drug-likeness (QED) is 0.599. The Bertz CT molecular complexity index is 1210. The van der Waals surface area contributed by atoms with Gasteiger partial charge in [-0.1, -0.05) is 19.8 Å². The van der Waals surface area contributed by atoms with Crippen molar-refractivity contribution in [2.45, 2.75) is 49.6 Å². The molecule has 0 amide bonds. The van der Waals surface area contributed by atoms with Gasteiger partial charge in [0, 0.05) is 19.4 Å². The molecule has 0 N–H and O–H groups in total. The lowest BCUT2D eigenvalue weighted by Gasteiger charge is -2.14. The predicted molar refractivity (Wildman–Crippen MR) is 106 cm³/mol. The third-order valence-corrected chi connectivity index (χ3v) is 7.41. The molecule has 1 aliphatic rings. The van der Waals surface area contributed by atoms with E-state index in [1.54, 1.807) is 26.2 Å². The molecular formula is C20H21F3N4O2S. The van der Waals surface area contributed by atoms with Crippen LogP contribution in [0.3, 0.4) is 0 Å². The van der Waals surface area contributed by atoms with Crippen molar-refractivity contribution in [1.82, 2.24) is 19.5 Å². The Hall–Kier alpha value is -2.49. The summed E-state index contributed by atoms with van der Waals surface area (Å²) in [6, 6.07) is 2.57. The number of nitrogens with zero attached hydrogens (tertiary/aromatic N) is 4. The normalized spacial score (nSPS) is 15.9. The van der Waals surface area contributed by atoms with E-state index in [4.69, 9.17) is 0 Å². The lowest BCUT2D eigenvalue weighted by Crippen LogP contribution is -2.10. The fraction of sp³-hybridized carbons (Fsp3) is 0.450. The Balaban J connectivity index is 1.90. The highest BCUT2D eigenvalue weighted by Crippen LogP contribution is 2.37. The minimum atomic E-state index is -4.54. The first kappa shape index (κ1) is 20.8. The summed E-state index contributed by atoms with van der Waals surface area (Å²) in [4.78, 5) is 12.6. The van der Waals surface area contributed by atoms with Gasteiger partial charge in [0.2, 0.25) is 0 Å². The van der Waals surface area contributed by atoms with E-state index >= 15 is 0 Å². The van der Waals surface area contributed by atoms with Gasteiger partial charge >= 0.3 is 6.18 Å². The van der Waals surface area contributed by atoms with Crippen LogP contribution in [0, 0.1) is 0 Å². The van der Waals surface area contributed by atoms with Crippen LogP contribution < -0.4 is 0 Å². The molecule has 0 atom stereocenters. The number of hydrogen-bond acceptors (Lipinski definition) is 5. The zero-order chi connectivity index (χ0) is 21.7. The first-order chi connectivity index (χ1) is 14.1. The van der Waals surface area contributed by atoms with Crippen molar-refractivity contribution >= 4 is 21.0 Å². The number of aryl methyl sites for hydroxylation is 1. The Morgan fingerprint density at radius 1 is 1.13 bits per heavy atom. The average Bonchev–Trinajstić information content (AvgIpc) is 3.35.